The summed E-state index contributed by atoms with van der Waals surface area (Å²) in [6, 6.07) is 0. The van der Waals surface area contributed by atoms with Gasteiger partial charge in [-0.1, -0.05) is 0 Å². The highest BCUT2D eigenvalue weighted by Gasteiger charge is 2.11. The van der Waals surface area contributed by atoms with E-state index < -0.39 is 5.91 Å². The molecule has 0 aliphatic heterocycles. The lowest BCUT2D eigenvalue weighted by Crippen LogP contribution is -2.34. The molecule has 0 spiro atoms. The van der Waals surface area contributed by atoms with Crippen LogP contribution in [-0.4, -0.2) is 10.9 Å². The predicted octanol–water partition coefficient (Wildman–Crippen LogP) is -0.569. The first-order valence-corrected chi connectivity index (χ1v) is 3.39. The van der Waals surface area contributed by atoms with Gasteiger partial charge in [0.1, 0.15) is 5.69 Å². The summed E-state index contributed by atoms with van der Waals surface area (Å²) in [5, 5.41) is 11.0. The Balaban J connectivity index is 3.31. The topological polar surface area (TPSA) is 82.9 Å². The lowest BCUT2D eigenvalue weighted by Gasteiger charge is -2.03. The summed E-state index contributed by atoms with van der Waals surface area (Å²) < 4.78 is 0.586. The molecule has 64 valence electrons. The zero-order valence-corrected chi connectivity index (χ0v) is 6.87. The standard InChI is InChI=1S/C7H9N3O2/c1-4-5(2)10(12)3-6(9-4)7(8)11/h3H,1-2H3,(H2,8,11). The molecule has 12 heavy (non-hydrogen) atoms. The van der Waals surface area contributed by atoms with E-state index in [0.717, 1.165) is 6.20 Å². The van der Waals surface area contributed by atoms with E-state index in [1.165, 1.54) is 0 Å². The van der Waals surface area contributed by atoms with E-state index in [9.17, 15) is 10.0 Å². The number of aromatic nitrogens is 2. The number of amides is 1. The highest BCUT2D eigenvalue weighted by atomic mass is 16.5. The third kappa shape index (κ3) is 1.34. The minimum Gasteiger partial charge on any atom is -0.618 e. The van der Waals surface area contributed by atoms with Crippen molar-refractivity contribution in [3.8, 4) is 0 Å². The number of carbonyl (C=O) groups is 1. The first-order chi connectivity index (χ1) is 5.52. The quantitative estimate of drug-likeness (QED) is 0.449. The summed E-state index contributed by atoms with van der Waals surface area (Å²) in [6.45, 7) is 3.27. The molecule has 1 aromatic heterocycles. The molecule has 0 saturated heterocycles. The summed E-state index contributed by atoms with van der Waals surface area (Å²) in [7, 11) is 0. The minimum absolute atomic E-state index is 0.00639. The summed E-state index contributed by atoms with van der Waals surface area (Å²) in [5.41, 5.74) is 5.93. The number of nitrogens with zero attached hydrogens (tertiary/aromatic N) is 2. The maximum atomic E-state index is 11.0. The van der Waals surface area contributed by atoms with Crippen LogP contribution in [0.4, 0.5) is 0 Å². The van der Waals surface area contributed by atoms with Crippen molar-refractivity contribution in [2.75, 3.05) is 0 Å². The van der Waals surface area contributed by atoms with E-state index in [1.807, 2.05) is 0 Å². The van der Waals surface area contributed by atoms with Gasteiger partial charge < -0.3 is 10.9 Å². The van der Waals surface area contributed by atoms with Crippen LogP contribution in [0.1, 0.15) is 21.9 Å². The number of primary amides is 1. The van der Waals surface area contributed by atoms with Gasteiger partial charge in [0, 0.05) is 6.92 Å². The van der Waals surface area contributed by atoms with Gasteiger partial charge in [0.25, 0.3) is 5.91 Å². The normalized spacial score (nSPS) is 9.83. The van der Waals surface area contributed by atoms with Crippen LogP contribution in [0.2, 0.25) is 0 Å². The second-order valence-corrected chi connectivity index (χ2v) is 2.49. The molecule has 0 aliphatic rings. The lowest BCUT2D eigenvalue weighted by atomic mass is 10.3. The summed E-state index contributed by atoms with van der Waals surface area (Å²) >= 11 is 0. The molecule has 0 aromatic carbocycles. The average molecular weight is 167 g/mol. The van der Waals surface area contributed by atoms with E-state index in [1.54, 1.807) is 13.8 Å². The van der Waals surface area contributed by atoms with Gasteiger partial charge >= 0.3 is 0 Å². The molecule has 0 fully saturated rings. The first-order valence-electron chi connectivity index (χ1n) is 3.39. The molecule has 0 atom stereocenters. The molecule has 0 aliphatic carbocycles. The number of carbonyl (C=O) groups excluding carboxylic acids is 1. The van der Waals surface area contributed by atoms with Gasteiger partial charge in [-0.3, -0.25) is 4.79 Å². The van der Waals surface area contributed by atoms with Gasteiger partial charge in [-0.15, -0.1) is 0 Å². The van der Waals surface area contributed by atoms with Crippen molar-refractivity contribution in [3.05, 3.63) is 28.5 Å². The van der Waals surface area contributed by atoms with Crippen LogP contribution in [0.3, 0.4) is 0 Å². The fourth-order valence-corrected chi connectivity index (χ4v) is 0.777. The van der Waals surface area contributed by atoms with Gasteiger partial charge in [-0.05, 0) is 6.92 Å². The Kier molecular flexibility index (Phi) is 1.95. The molecular weight excluding hydrogens is 158 g/mol. The maximum absolute atomic E-state index is 11.0. The van der Waals surface area contributed by atoms with Crippen molar-refractivity contribution in [2.45, 2.75) is 13.8 Å². The van der Waals surface area contributed by atoms with Crippen molar-refractivity contribution in [2.24, 2.45) is 5.73 Å². The van der Waals surface area contributed by atoms with Gasteiger partial charge in [0.2, 0.25) is 11.9 Å². The van der Waals surface area contributed by atoms with Crippen molar-refractivity contribution >= 4 is 5.91 Å². The third-order valence-electron chi connectivity index (χ3n) is 1.63. The molecule has 1 rings (SSSR count). The molecular formula is C7H9N3O2. The van der Waals surface area contributed by atoms with Crippen LogP contribution in [0.25, 0.3) is 0 Å². The van der Waals surface area contributed by atoms with Crippen LogP contribution >= 0.6 is 0 Å². The van der Waals surface area contributed by atoms with Crippen LogP contribution in [0.15, 0.2) is 6.20 Å². The van der Waals surface area contributed by atoms with E-state index in [-0.39, 0.29) is 5.69 Å². The zero-order chi connectivity index (χ0) is 9.30. The number of nitrogens with two attached hydrogens (primary N) is 1. The monoisotopic (exact) mass is 167 g/mol. The van der Waals surface area contributed by atoms with Gasteiger partial charge in [-0.2, -0.15) is 4.73 Å². The van der Waals surface area contributed by atoms with E-state index in [2.05, 4.69) is 4.98 Å². The van der Waals surface area contributed by atoms with Crippen LogP contribution in [0, 0.1) is 19.1 Å². The second-order valence-electron chi connectivity index (χ2n) is 2.49. The first kappa shape index (κ1) is 8.45. The molecule has 1 amide bonds. The van der Waals surface area contributed by atoms with Crippen molar-refractivity contribution in [1.29, 1.82) is 0 Å². The molecule has 5 heteroatoms. The van der Waals surface area contributed by atoms with E-state index in [4.69, 9.17) is 5.73 Å². The van der Waals surface area contributed by atoms with E-state index >= 15 is 0 Å². The lowest BCUT2D eigenvalue weighted by molar-refractivity contribution is -0.613. The molecule has 1 aromatic rings. The average Bonchev–Trinajstić information content (AvgIpc) is 1.99. The smallest absolute Gasteiger partial charge is 0.273 e. The number of hydrogen-bond acceptors (Lipinski definition) is 3. The number of rotatable bonds is 1. The molecule has 0 bridgehead atoms. The fraction of sp³-hybridized carbons (Fsp3) is 0.286. The van der Waals surface area contributed by atoms with E-state index in [0.29, 0.717) is 16.1 Å². The second kappa shape index (κ2) is 2.77. The summed E-state index contributed by atoms with van der Waals surface area (Å²) in [4.78, 5) is 14.5. The van der Waals surface area contributed by atoms with Crippen molar-refractivity contribution < 1.29 is 9.52 Å². The largest absolute Gasteiger partial charge is 0.618 e. The zero-order valence-electron chi connectivity index (χ0n) is 6.87. The highest BCUT2D eigenvalue weighted by Crippen LogP contribution is 1.97. The van der Waals surface area contributed by atoms with Crippen molar-refractivity contribution in [3.63, 3.8) is 0 Å². The molecule has 2 N–H and O–H groups in total. The van der Waals surface area contributed by atoms with Crippen LogP contribution in [-0.2, 0) is 0 Å². The predicted molar refractivity (Wildman–Crippen MR) is 41.2 cm³/mol. The Morgan fingerprint density at radius 3 is 2.67 bits per heavy atom. The Hall–Kier alpha value is -1.65. The van der Waals surface area contributed by atoms with Crippen LogP contribution < -0.4 is 10.5 Å². The number of hydrogen-bond donors (Lipinski definition) is 1. The molecule has 5 nitrogen and oxygen atoms in total. The molecule has 0 radical (unpaired) electrons. The highest BCUT2D eigenvalue weighted by molar-refractivity contribution is 5.90. The third-order valence-corrected chi connectivity index (χ3v) is 1.63. The Bertz CT molecular complexity index is 312. The van der Waals surface area contributed by atoms with Crippen LogP contribution in [0.5, 0.6) is 0 Å². The molecule has 0 unspecified atom stereocenters. The molecule has 1 heterocycles. The summed E-state index contributed by atoms with van der Waals surface area (Å²) in [5.74, 6) is -0.692. The Morgan fingerprint density at radius 2 is 2.25 bits per heavy atom. The minimum atomic E-state index is -0.692. The van der Waals surface area contributed by atoms with Gasteiger partial charge in [0.05, 0.1) is 0 Å². The summed E-state index contributed by atoms with van der Waals surface area (Å²) in [6.07, 6.45) is 1.07. The molecule has 0 saturated carbocycles. The van der Waals surface area contributed by atoms with Gasteiger partial charge in [-0.25, -0.2) is 4.98 Å². The maximum Gasteiger partial charge on any atom is 0.273 e. The Morgan fingerprint density at radius 1 is 1.67 bits per heavy atom. The van der Waals surface area contributed by atoms with Gasteiger partial charge in [0.15, 0.2) is 5.69 Å². The fourth-order valence-electron chi connectivity index (χ4n) is 0.777. The van der Waals surface area contributed by atoms with Crippen molar-refractivity contribution in [1.82, 2.24) is 4.98 Å². The Labute approximate surface area is 69.4 Å². The SMILES string of the molecule is Cc1nc(C(N)=O)c[n+]([O-])c1C. The number of aryl methyl sites for hydroxylation is 1.